The Hall–Kier alpha value is -2.10. The van der Waals surface area contributed by atoms with Crippen LogP contribution in [0.4, 0.5) is 8.78 Å². The molecule has 4 rings (SSSR count). The molecule has 3 aromatic rings. The number of hydrogen-bond acceptors (Lipinski definition) is 5. The Morgan fingerprint density at radius 3 is 2.52 bits per heavy atom. The van der Waals surface area contributed by atoms with Crippen LogP contribution >= 0.6 is 23.2 Å². The van der Waals surface area contributed by atoms with Crippen LogP contribution in [0.2, 0.25) is 10.0 Å². The monoisotopic (exact) mass is 496 g/mol. The average Bonchev–Trinajstić information content (AvgIpc) is 3.28. The Morgan fingerprint density at radius 2 is 1.85 bits per heavy atom. The zero-order valence-electron chi connectivity index (χ0n) is 17.8. The van der Waals surface area contributed by atoms with Crippen molar-refractivity contribution < 1.29 is 18.6 Å². The number of halogens is 4. The Kier molecular flexibility index (Phi) is 7.61. The molecule has 1 N–H and O–H groups in total. The minimum absolute atomic E-state index is 0.0106. The van der Waals surface area contributed by atoms with Gasteiger partial charge in [-0.15, -0.1) is 0 Å². The first kappa shape index (κ1) is 24.0. The summed E-state index contributed by atoms with van der Waals surface area (Å²) in [4.78, 5) is 5.94. The molecule has 0 bridgehead atoms. The number of hydrogen-bond donors (Lipinski definition) is 1. The van der Waals surface area contributed by atoms with E-state index in [-0.39, 0.29) is 24.8 Å². The van der Waals surface area contributed by atoms with Crippen molar-refractivity contribution in [3.63, 3.8) is 0 Å². The van der Waals surface area contributed by atoms with Crippen LogP contribution in [0.25, 0.3) is 0 Å². The van der Waals surface area contributed by atoms with Gasteiger partial charge in [-0.3, -0.25) is 4.90 Å². The van der Waals surface area contributed by atoms with Gasteiger partial charge in [-0.25, -0.2) is 18.4 Å². The average molecular weight is 497 g/mol. The molecule has 6 nitrogen and oxygen atoms in total. The summed E-state index contributed by atoms with van der Waals surface area (Å²) in [5.41, 5.74) is -0.641. The van der Waals surface area contributed by atoms with Crippen molar-refractivity contribution in [1.29, 1.82) is 0 Å². The van der Waals surface area contributed by atoms with E-state index in [1.165, 1.54) is 23.4 Å². The Balaban J connectivity index is 1.39. The van der Waals surface area contributed by atoms with E-state index in [2.05, 4.69) is 15.0 Å². The highest BCUT2D eigenvalue weighted by Crippen LogP contribution is 2.29. The fraction of sp³-hybridized carbons (Fsp3) is 0.391. The minimum Gasteiger partial charge on any atom is -0.382 e. The maximum atomic E-state index is 14.6. The first-order valence-electron chi connectivity index (χ1n) is 10.6. The van der Waals surface area contributed by atoms with Gasteiger partial charge in [0.05, 0.1) is 29.3 Å². The number of nitrogens with zero attached hydrogens (tertiary/aromatic N) is 4. The summed E-state index contributed by atoms with van der Waals surface area (Å²) in [6.07, 6.45) is 4.37. The molecule has 176 valence electrons. The third kappa shape index (κ3) is 6.07. The molecule has 10 heteroatoms. The third-order valence-electron chi connectivity index (χ3n) is 5.81. The van der Waals surface area contributed by atoms with Crippen molar-refractivity contribution in [3.8, 4) is 0 Å². The summed E-state index contributed by atoms with van der Waals surface area (Å²) in [5, 5.41) is 16.5. The molecule has 1 unspecified atom stereocenters. The zero-order valence-corrected chi connectivity index (χ0v) is 19.3. The largest absolute Gasteiger partial charge is 0.382 e. The highest BCUT2D eigenvalue weighted by atomic mass is 35.5. The van der Waals surface area contributed by atoms with E-state index >= 15 is 0 Å². The van der Waals surface area contributed by atoms with Crippen LogP contribution in [0.15, 0.2) is 49.1 Å². The Bertz CT molecular complexity index is 1080. The molecule has 1 fully saturated rings. The molecule has 1 aliphatic heterocycles. The van der Waals surface area contributed by atoms with Crippen LogP contribution < -0.4 is 0 Å². The fourth-order valence-corrected chi connectivity index (χ4v) is 4.44. The molecule has 2 heterocycles. The summed E-state index contributed by atoms with van der Waals surface area (Å²) < 4.78 is 35.5. The molecule has 0 aliphatic carbocycles. The van der Waals surface area contributed by atoms with Crippen LogP contribution in [-0.2, 0) is 23.5 Å². The van der Waals surface area contributed by atoms with Crippen LogP contribution in [0.5, 0.6) is 0 Å². The fourth-order valence-electron chi connectivity index (χ4n) is 4.12. The highest BCUT2D eigenvalue weighted by molar-refractivity contribution is 6.42. The number of aromatic nitrogens is 3. The van der Waals surface area contributed by atoms with Crippen molar-refractivity contribution in [2.75, 3.05) is 19.6 Å². The number of piperidine rings is 1. The number of aliphatic hydroxyl groups is 1. The van der Waals surface area contributed by atoms with Crippen molar-refractivity contribution >= 4 is 23.2 Å². The Morgan fingerprint density at radius 1 is 1.06 bits per heavy atom. The van der Waals surface area contributed by atoms with Crippen LogP contribution in [-0.4, -0.2) is 50.5 Å². The lowest BCUT2D eigenvalue weighted by molar-refractivity contribution is -0.0489. The number of likely N-dealkylation sites (tertiary alicyclic amines) is 1. The van der Waals surface area contributed by atoms with Crippen LogP contribution in [0.1, 0.15) is 24.0 Å². The normalized spacial score (nSPS) is 17.2. The SMILES string of the molecule is OC(CN1CCC(OCc2ccc(Cl)c(Cl)c2)CC1)(Cn1cncn1)c1ccc(F)cc1F. The molecule has 1 atom stereocenters. The van der Waals surface area contributed by atoms with Gasteiger partial charge in [0.1, 0.15) is 29.9 Å². The smallest absolute Gasteiger partial charge is 0.137 e. The predicted molar refractivity (Wildman–Crippen MR) is 121 cm³/mol. The van der Waals surface area contributed by atoms with Gasteiger partial charge >= 0.3 is 0 Å². The second-order valence-electron chi connectivity index (χ2n) is 8.28. The minimum atomic E-state index is -1.61. The van der Waals surface area contributed by atoms with Gasteiger partial charge < -0.3 is 9.84 Å². The van der Waals surface area contributed by atoms with E-state index in [0.29, 0.717) is 29.7 Å². The van der Waals surface area contributed by atoms with Gasteiger partial charge in [0.25, 0.3) is 0 Å². The number of ether oxygens (including phenoxy) is 1. The summed E-state index contributed by atoms with van der Waals surface area (Å²) in [7, 11) is 0. The maximum absolute atomic E-state index is 14.6. The van der Waals surface area contributed by atoms with E-state index in [1.54, 1.807) is 12.1 Å². The van der Waals surface area contributed by atoms with E-state index in [1.807, 2.05) is 6.07 Å². The van der Waals surface area contributed by atoms with Crippen molar-refractivity contribution in [2.24, 2.45) is 0 Å². The molecule has 1 aromatic heterocycles. The summed E-state index contributed by atoms with van der Waals surface area (Å²) >= 11 is 12.0. The number of β-amino-alcohol motifs (C(OH)–C–C–N with tert-alkyl or cyclic N) is 1. The first-order valence-corrected chi connectivity index (χ1v) is 11.4. The topological polar surface area (TPSA) is 63.4 Å². The third-order valence-corrected chi connectivity index (χ3v) is 6.55. The van der Waals surface area contributed by atoms with Gasteiger partial charge in [0, 0.05) is 31.3 Å². The molecule has 0 spiro atoms. The van der Waals surface area contributed by atoms with E-state index < -0.39 is 17.2 Å². The number of benzene rings is 2. The lowest BCUT2D eigenvalue weighted by atomic mass is 9.91. The number of rotatable bonds is 8. The second-order valence-corrected chi connectivity index (χ2v) is 9.10. The summed E-state index contributed by atoms with van der Waals surface area (Å²) in [6, 6.07) is 8.63. The van der Waals surface area contributed by atoms with Gasteiger partial charge in [0.2, 0.25) is 0 Å². The Labute approximate surface area is 200 Å². The zero-order chi connectivity index (χ0) is 23.4. The molecule has 1 saturated heterocycles. The molecule has 0 saturated carbocycles. The molecule has 33 heavy (non-hydrogen) atoms. The summed E-state index contributed by atoms with van der Waals surface area (Å²) in [6.45, 7) is 1.90. The molecular weight excluding hydrogens is 473 g/mol. The summed E-state index contributed by atoms with van der Waals surface area (Å²) in [5.74, 6) is -1.49. The van der Waals surface area contributed by atoms with Crippen LogP contribution in [0.3, 0.4) is 0 Å². The predicted octanol–water partition coefficient (Wildman–Crippen LogP) is 4.43. The van der Waals surface area contributed by atoms with E-state index in [9.17, 15) is 13.9 Å². The van der Waals surface area contributed by atoms with Crippen LogP contribution in [0, 0.1) is 11.6 Å². The lowest BCUT2D eigenvalue weighted by Gasteiger charge is -2.38. The highest BCUT2D eigenvalue weighted by Gasteiger charge is 2.36. The standard InChI is InChI=1S/C23H24Cl2F2N4O2/c24-20-4-1-16(9-21(20)25)11-33-18-5-7-30(8-6-18)12-23(32,13-31-15-28-14-29-31)19-3-2-17(26)10-22(19)27/h1-4,9-10,14-15,18,32H,5-8,11-13H2. The quantitative estimate of drug-likeness (QED) is 0.499. The van der Waals surface area contributed by atoms with Gasteiger partial charge in [0.15, 0.2) is 0 Å². The van der Waals surface area contributed by atoms with E-state index in [0.717, 1.165) is 30.5 Å². The maximum Gasteiger partial charge on any atom is 0.137 e. The molecular formula is C23H24Cl2F2N4O2. The van der Waals surface area contributed by atoms with Gasteiger partial charge in [-0.2, -0.15) is 5.10 Å². The molecule has 0 radical (unpaired) electrons. The first-order chi connectivity index (χ1) is 15.8. The van der Waals surface area contributed by atoms with Gasteiger partial charge in [-0.1, -0.05) is 35.3 Å². The van der Waals surface area contributed by atoms with Crippen molar-refractivity contribution in [3.05, 3.63) is 81.9 Å². The van der Waals surface area contributed by atoms with Crippen molar-refractivity contribution in [1.82, 2.24) is 19.7 Å². The second kappa shape index (κ2) is 10.4. The van der Waals surface area contributed by atoms with E-state index in [4.69, 9.17) is 27.9 Å². The molecule has 1 aliphatic rings. The van der Waals surface area contributed by atoms with Gasteiger partial charge in [-0.05, 0) is 36.6 Å². The van der Waals surface area contributed by atoms with Crippen molar-refractivity contribution in [2.45, 2.75) is 37.7 Å². The lowest BCUT2D eigenvalue weighted by Crippen LogP contribution is -2.48. The molecule has 2 aromatic carbocycles. The molecule has 0 amide bonds.